The molecular formula is C15H22N2O4. The van der Waals surface area contributed by atoms with E-state index in [9.17, 15) is 9.59 Å². The zero-order chi connectivity index (χ0) is 15.7. The lowest BCUT2D eigenvalue weighted by Gasteiger charge is -2.19. The molecule has 116 valence electrons. The van der Waals surface area contributed by atoms with E-state index in [4.69, 9.17) is 9.57 Å². The first-order chi connectivity index (χ1) is 9.87. The summed E-state index contributed by atoms with van der Waals surface area (Å²) < 4.78 is 4.99. The number of carbonyl (C=O) groups is 2. The van der Waals surface area contributed by atoms with Crippen molar-refractivity contribution >= 4 is 17.7 Å². The number of ether oxygens (including phenoxy) is 1. The number of amides is 2. The first kappa shape index (κ1) is 17.0. The SMILES string of the molecule is CC(C)(C)OC(=O)NOCCCC(=O)Nc1ccccc1. The van der Waals surface area contributed by atoms with E-state index in [1.54, 1.807) is 20.8 Å². The predicted molar refractivity (Wildman–Crippen MR) is 79.6 cm³/mol. The van der Waals surface area contributed by atoms with E-state index >= 15 is 0 Å². The van der Waals surface area contributed by atoms with Crippen molar-refractivity contribution in [1.29, 1.82) is 0 Å². The molecule has 1 aromatic rings. The lowest BCUT2D eigenvalue weighted by atomic mass is 10.2. The van der Waals surface area contributed by atoms with Crippen LogP contribution in [0.3, 0.4) is 0 Å². The second-order valence-electron chi connectivity index (χ2n) is 5.47. The third-order valence-electron chi connectivity index (χ3n) is 2.26. The molecule has 0 aliphatic rings. The molecule has 2 amide bonds. The molecule has 6 heteroatoms. The Labute approximate surface area is 124 Å². The van der Waals surface area contributed by atoms with Gasteiger partial charge in [-0.1, -0.05) is 18.2 Å². The number of carbonyl (C=O) groups excluding carboxylic acids is 2. The predicted octanol–water partition coefficient (Wildman–Crippen LogP) is 2.86. The van der Waals surface area contributed by atoms with E-state index in [0.717, 1.165) is 5.69 Å². The fourth-order valence-corrected chi connectivity index (χ4v) is 1.46. The van der Waals surface area contributed by atoms with Crippen molar-refractivity contribution in [3.05, 3.63) is 30.3 Å². The fraction of sp³-hybridized carbons (Fsp3) is 0.467. The largest absolute Gasteiger partial charge is 0.442 e. The fourth-order valence-electron chi connectivity index (χ4n) is 1.46. The van der Waals surface area contributed by atoms with Gasteiger partial charge in [0.05, 0.1) is 6.61 Å². The van der Waals surface area contributed by atoms with Gasteiger partial charge in [-0.05, 0) is 39.3 Å². The van der Waals surface area contributed by atoms with Gasteiger partial charge in [-0.2, -0.15) is 5.48 Å². The van der Waals surface area contributed by atoms with Crippen molar-refractivity contribution in [2.45, 2.75) is 39.2 Å². The van der Waals surface area contributed by atoms with Crippen LogP contribution in [0.4, 0.5) is 10.5 Å². The molecule has 0 radical (unpaired) electrons. The van der Waals surface area contributed by atoms with Gasteiger partial charge in [0, 0.05) is 12.1 Å². The maximum Gasteiger partial charge on any atom is 0.431 e. The summed E-state index contributed by atoms with van der Waals surface area (Å²) in [6.45, 7) is 5.53. The van der Waals surface area contributed by atoms with E-state index in [-0.39, 0.29) is 12.5 Å². The van der Waals surface area contributed by atoms with E-state index in [2.05, 4.69) is 10.8 Å². The number of nitrogens with one attached hydrogen (secondary N) is 2. The van der Waals surface area contributed by atoms with Gasteiger partial charge < -0.3 is 10.1 Å². The monoisotopic (exact) mass is 294 g/mol. The zero-order valence-corrected chi connectivity index (χ0v) is 12.6. The highest BCUT2D eigenvalue weighted by molar-refractivity contribution is 5.90. The maximum atomic E-state index is 11.6. The standard InChI is InChI=1S/C15H22N2O4/c1-15(2,3)21-14(19)17-20-11-7-10-13(18)16-12-8-5-4-6-9-12/h4-6,8-9H,7,10-11H2,1-3H3,(H,16,18)(H,17,19). The molecule has 0 saturated carbocycles. The molecule has 1 aromatic carbocycles. The first-order valence-electron chi connectivity index (χ1n) is 6.82. The highest BCUT2D eigenvalue weighted by Gasteiger charge is 2.15. The molecule has 0 aliphatic carbocycles. The van der Waals surface area contributed by atoms with Gasteiger partial charge in [-0.3, -0.25) is 9.63 Å². The van der Waals surface area contributed by atoms with Gasteiger partial charge in [-0.15, -0.1) is 0 Å². The Morgan fingerprint density at radius 1 is 1.14 bits per heavy atom. The number of benzene rings is 1. The summed E-state index contributed by atoms with van der Waals surface area (Å²) >= 11 is 0. The lowest BCUT2D eigenvalue weighted by molar-refractivity contribution is -0.116. The zero-order valence-electron chi connectivity index (χ0n) is 12.6. The van der Waals surface area contributed by atoms with E-state index in [1.807, 2.05) is 30.3 Å². The van der Waals surface area contributed by atoms with E-state index < -0.39 is 11.7 Å². The second kappa shape index (κ2) is 8.26. The minimum absolute atomic E-state index is 0.0953. The van der Waals surface area contributed by atoms with Crippen molar-refractivity contribution in [3.63, 3.8) is 0 Å². The molecule has 0 saturated heterocycles. The summed E-state index contributed by atoms with van der Waals surface area (Å²) in [4.78, 5) is 27.8. The van der Waals surface area contributed by atoms with Gasteiger partial charge in [0.15, 0.2) is 0 Å². The van der Waals surface area contributed by atoms with Crippen LogP contribution in [0.2, 0.25) is 0 Å². The van der Waals surface area contributed by atoms with Crippen molar-refractivity contribution in [2.75, 3.05) is 11.9 Å². The third-order valence-corrected chi connectivity index (χ3v) is 2.26. The average molecular weight is 294 g/mol. The summed E-state index contributed by atoms with van der Waals surface area (Å²) in [5, 5.41) is 2.77. The number of anilines is 1. The van der Waals surface area contributed by atoms with Crippen molar-refractivity contribution in [2.24, 2.45) is 0 Å². The van der Waals surface area contributed by atoms with E-state index in [1.165, 1.54) is 0 Å². The maximum absolute atomic E-state index is 11.6. The second-order valence-corrected chi connectivity index (χ2v) is 5.47. The summed E-state index contributed by atoms with van der Waals surface area (Å²) in [5.41, 5.74) is 2.36. The Bertz CT molecular complexity index is 454. The molecule has 0 fully saturated rings. The number of hydroxylamine groups is 1. The molecule has 0 heterocycles. The topological polar surface area (TPSA) is 76.7 Å². The molecule has 1 rings (SSSR count). The molecule has 0 unspecified atom stereocenters. The molecule has 2 N–H and O–H groups in total. The molecule has 0 spiro atoms. The summed E-state index contributed by atoms with van der Waals surface area (Å²) in [6, 6.07) is 9.22. The molecule has 0 aromatic heterocycles. The van der Waals surface area contributed by atoms with Gasteiger partial charge in [0.2, 0.25) is 5.91 Å². The number of hydrogen-bond acceptors (Lipinski definition) is 4. The van der Waals surface area contributed by atoms with Crippen LogP contribution in [-0.2, 0) is 14.4 Å². The van der Waals surface area contributed by atoms with Crippen LogP contribution in [-0.4, -0.2) is 24.2 Å². The molecule has 21 heavy (non-hydrogen) atoms. The molecule has 0 atom stereocenters. The van der Waals surface area contributed by atoms with Gasteiger partial charge in [-0.25, -0.2) is 4.79 Å². The van der Waals surface area contributed by atoms with Gasteiger partial charge in [0.25, 0.3) is 0 Å². The average Bonchev–Trinajstić information content (AvgIpc) is 2.37. The Balaban J connectivity index is 2.09. The van der Waals surface area contributed by atoms with Crippen molar-refractivity contribution in [3.8, 4) is 0 Å². The van der Waals surface area contributed by atoms with Crippen molar-refractivity contribution < 1.29 is 19.2 Å². The number of rotatable bonds is 6. The Hall–Kier alpha value is -2.08. The van der Waals surface area contributed by atoms with Crippen LogP contribution in [0.25, 0.3) is 0 Å². The van der Waals surface area contributed by atoms with Crippen LogP contribution >= 0.6 is 0 Å². The third kappa shape index (κ3) is 8.65. The first-order valence-corrected chi connectivity index (χ1v) is 6.82. The Morgan fingerprint density at radius 2 is 1.81 bits per heavy atom. The highest BCUT2D eigenvalue weighted by Crippen LogP contribution is 2.07. The van der Waals surface area contributed by atoms with Crippen molar-refractivity contribution in [1.82, 2.24) is 5.48 Å². The minimum Gasteiger partial charge on any atom is -0.442 e. The Kier molecular flexibility index (Phi) is 6.68. The quantitative estimate of drug-likeness (QED) is 0.625. The molecule has 0 aliphatic heterocycles. The normalized spacial score (nSPS) is 10.8. The van der Waals surface area contributed by atoms with Crippen LogP contribution in [0, 0.1) is 0 Å². The van der Waals surface area contributed by atoms with E-state index in [0.29, 0.717) is 12.8 Å². The molecule has 0 bridgehead atoms. The van der Waals surface area contributed by atoms with Crippen LogP contribution in [0.1, 0.15) is 33.6 Å². The molecular weight excluding hydrogens is 272 g/mol. The Morgan fingerprint density at radius 3 is 2.43 bits per heavy atom. The summed E-state index contributed by atoms with van der Waals surface area (Å²) in [7, 11) is 0. The number of para-hydroxylation sites is 1. The highest BCUT2D eigenvalue weighted by atomic mass is 16.7. The number of hydrogen-bond donors (Lipinski definition) is 2. The minimum atomic E-state index is -0.642. The van der Waals surface area contributed by atoms with Gasteiger partial charge >= 0.3 is 6.09 Å². The van der Waals surface area contributed by atoms with Crippen LogP contribution in [0.5, 0.6) is 0 Å². The van der Waals surface area contributed by atoms with Crippen LogP contribution < -0.4 is 10.8 Å². The smallest absolute Gasteiger partial charge is 0.431 e. The lowest BCUT2D eigenvalue weighted by Crippen LogP contribution is -2.32. The van der Waals surface area contributed by atoms with Crippen LogP contribution in [0.15, 0.2) is 30.3 Å². The van der Waals surface area contributed by atoms with Gasteiger partial charge in [0.1, 0.15) is 5.60 Å². The summed E-state index contributed by atoms with van der Waals surface area (Å²) in [5.74, 6) is -0.0953. The molecule has 6 nitrogen and oxygen atoms in total. The summed E-state index contributed by atoms with van der Waals surface area (Å²) in [6.07, 6.45) is 0.163.